The molecule has 0 aliphatic carbocycles. The van der Waals surface area contributed by atoms with Crippen LogP contribution in [-0.4, -0.2) is 37.4 Å². The summed E-state index contributed by atoms with van der Waals surface area (Å²) in [4.78, 5) is 0. The predicted octanol–water partition coefficient (Wildman–Crippen LogP) is 1.94. The highest BCUT2D eigenvalue weighted by Gasteiger charge is 2.29. The van der Waals surface area contributed by atoms with E-state index in [4.69, 9.17) is 0 Å². The van der Waals surface area contributed by atoms with Crippen molar-refractivity contribution in [3.05, 3.63) is 35.4 Å². The van der Waals surface area contributed by atoms with E-state index < -0.39 is 11.7 Å². The van der Waals surface area contributed by atoms with Gasteiger partial charge in [0.25, 0.3) is 0 Å². The molecule has 0 amide bonds. The van der Waals surface area contributed by atoms with Gasteiger partial charge in [-0.05, 0) is 17.7 Å². The lowest BCUT2D eigenvalue weighted by atomic mass is 10.1. The number of alkyl halides is 3. The van der Waals surface area contributed by atoms with Crippen LogP contribution < -0.4 is 5.32 Å². The molecule has 0 aromatic heterocycles. The Bertz CT molecular complexity index is 406. The Morgan fingerprint density at radius 2 is 1.72 bits per heavy atom. The van der Waals surface area contributed by atoms with E-state index >= 15 is 0 Å². The Labute approximate surface area is 103 Å². The Hall–Kier alpha value is -1.56. The third-order valence-corrected chi connectivity index (χ3v) is 2.70. The number of hydrogen-bond donors (Lipinski definition) is 1. The van der Waals surface area contributed by atoms with Gasteiger partial charge in [0.15, 0.2) is 0 Å². The van der Waals surface area contributed by atoms with Gasteiger partial charge in [0.2, 0.25) is 0 Å². The lowest BCUT2D eigenvalue weighted by molar-refractivity contribution is -0.137. The van der Waals surface area contributed by atoms with Crippen LogP contribution in [0.5, 0.6) is 0 Å². The average Bonchev–Trinajstić information content (AvgIpc) is 2.37. The molecule has 98 valence electrons. The summed E-state index contributed by atoms with van der Waals surface area (Å²) in [5.74, 6) is 0. The van der Waals surface area contributed by atoms with E-state index in [-0.39, 0.29) is 0 Å². The van der Waals surface area contributed by atoms with E-state index in [1.165, 1.54) is 12.1 Å². The largest absolute Gasteiger partial charge is 0.416 e. The normalized spacial score (nSPS) is 17.4. The van der Waals surface area contributed by atoms with Gasteiger partial charge in [-0.1, -0.05) is 12.1 Å². The van der Waals surface area contributed by atoms with Gasteiger partial charge in [-0.15, -0.1) is 0 Å². The summed E-state index contributed by atoms with van der Waals surface area (Å²) in [7, 11) is 0. The van der Waals surface area contributed by atoms with Crippen LogP contribution in [0.2, 0.25) is 0 Å². The first-order valence-electron chi connectivity index (χ1n) is 5.72. The lowest BCUT2D eigenvalue weighted by Gasteiger charge is -2.24. The quantitative estimate of drug-likeness (QED) is 0.820. The van der Waals surface area contributed by atoms with Crippen molar-refractivity contribution in [2.75, 3.05) is 26.2 Å². The summed E-state index contributed by atoms with van der Waals surface area (Å²) >= 11 is 0. The van der Waals surface area contributed by atoms with Crippen LogP contribution >= 0.6 is 0 Å². The molecule has 1 aromatic carbocycles. The molecule has 0 atom stereocenters. The standard InChI is InChI=1S/C12H14F3N3/c13-12(14,15)11-3-1-10(2-4-11)9-17-18-7-5-16-6-8-18/h1-4,9,16H,5-8H2/b17-9+. The summed E-state index contributed by atoms with van der Waals surface area (Å²) in [6.45, 7) is 3.39. The number of piperazine rings is 1. The minimum atomic E-state index is -4.28. The molecule has 1 heterocycles. The smallest absolute Gasteiger partial charge is 0.313 e. The van der Waals surface area contributed by atoms with Crippen LogP contribution in [0, 0.1) is 0 Å². The Kier molecular flexibility index (Phi) is 3.86. The first kappa shape index (κ1) is 12.9. The molecule has 1 aliphatic rings. The van der Waals surface area contributed by atoms with Crippen molar-refractivity contribution in [2.45, 2.75) is 6.18 Å². The topological polar surface area (TPSA) is 27.6 Å². The second kappa shape index (κ2) is 5.39. The molecule has 1 N–H and O–H groups in total. The highest BCUT2D eigenvalue weighted by atomic mass is 19.4. The fourth-order valence-corrected chi connectivity index (χ4v) is 1.67. The number of nitrogens with one attached hydrogen (secondary N) is 1. The molecular formula is C12H14F3N3. The molecule has 2 rings (SSSR count). The van der Waals surface area contributed by atoms with Gasteiger partial charge in [0.05, 0.1) is 11.8 Å². The summed E-state index contributed by atoms with van der Waals surface area (Å²) in [5, 5.41) is 9.33. The third kappa shape index (κ3) is 3.46. The molecule has 0 spiro atoms. The van der Waals surface area contributed by atoms with Gasteiger partial charge >= 0.3 is 6.18 Å². The van der Waals surface area contributed by atoms with Gasteiger partial charge in [0.1, 0.15) is 0 Å². The number of benzene rings is 1. The molecule has 0 radical (unpaired) electrons. The summed E-state index contributed by atoms with van der Waals surface area (Å²) in [6.07, 6.45) is -2.69. The monoisotopic (exact) mass is 257 g/mol. The van der Waals surface area contributed by atoms with Crippen LogP contribution in [0.4, 0.5) is 13.2 Å². The van der Waals surface area contributed by atoms with Crippen LogP contribution in [0.25, 0.3) is 0 Å². The van der Waals surface area contributed by atoms with Crippen LogP contribution in [0.1, 0.15) is 11.1 Å². The zero-order chi connectivity index (χ0) is 13.0. The van der Waals surface area contributed by atoms with Crippen molar-refractivity contribution in [1.29, 1.82) is 0 Å². The van der Waals surface area contributed by atoms with Gasteiger partial charge in [-0.2, -0.15) is 18.3 Å². The third-order valence-electron chi connectivity index (χ3n) is 2.70. The van der Waals surface area contributed by atoms with Gasteiger partial charge in [-0.25, -0.2) is 0 Å². The van der Waals surface area contributed by atoms with Crippen LogP contribution in [0.3, 0.4) is 0 Å². The Balaban J connectivity index is 1.99. The second-order valence-corrected chi connectivity index (χ2v) is 4.07. The van der Waals surface area contributed by atoms with Crippen LogP contribution in [-0.2, 0) is 6.18 Å². The number of hydrogen-bond acceptors (Lipinski definition) is 3. The molecule has 1 fully saturated rings. The van der Waals surface area contributed by atoms with Crippen molar-refractivity contribution in [3.8, 4) is 0 Å². The van der Waals surface area contributed by atoms with E-state index in [9.17, 15) is 13.2 Å². The average molecular weight is 257 g/mol. The summed E-state index contributed by atoms with van der Waals surface area (Å²) in [5.41, 5.74) is 0.0309. The van der Waals surface area contributed by atoms with E-state index in [1.807, 2.05) is 5.01 Å². The summed E-state index contributed by atoms with van der Waals surface area (Å²) < 4.78 is 37.0. The van der Waals surface area contributed by atoms with Gasteiger partial charge in [0, 0.05) is 26.2 Å². The number of nitrogens with zero attached hydrogens (tertiary/aromatic N) is 2. The van der Waals surface area contributed by atoms with E-state index in [2.05, 4.69) is 10.4 Å². The first-order chi connectivity index (χ1) is 8.55. The maximum absolute atomic E-state index is 12.3. The SMILES string of the molecule is FC(F)(F)c1ccc(/C=N/N2CCNCC2)cc1. The Morgan fingerprint density at radius 3 is 2.28 bits per heavy atom. The molecule has 0 saturated carbocycles. The zero-order valence-corrected chi connectivity index (χ0v) is 9.74. The van der Waals surface area contributed by atoms with Crippen molar-refractivity contribution >= 4 is 6.21 Å². The van der Waals surface area contributed by atoms with Crippen molar-refractivity contribution in [2.24, 2.45) is 5.10 Å². The minimum Gasteiger partial charge on any atom is -0.313 e. The van der Waals surface area contributed by atoms with Crippen molar-refractivity contribution in [1.82, 2.24) is 10.3 Å². The van der Waals surface area contributed by atoms with Crippen molar-refractivity contribution < 1.29 is 13.2 Å². The maximum atomic E-state index is 12.3. The maximum Gasteiger partial charge on any atom is 0.416 e. The van der Waals surface area contributed by atoms with E-state index in [0.717, 1.165) is 38.3 Å². The summed E-state index contributed by atoms with van der Waals surface area (Å²) in [6, 6.07) is 4.99. The van der Waals surface area contributed by atoms with Crippen LogP contribution in [0.15, 0.2) is 29.4 Å². The second-order valence-electron chi connectivity index (χ2n) is 4.07. The fraction of sp³-hybridized carbons (Fsp3) is 0.417. The first-order valence-corrected chi connectivity index (χ1v) is 5.72. The fourth-order valence-electron chi connectivity index (χ4n) is 1.67. The molecule has 6 heteroatoms. The highest BCUT2D eigenvalue weighted by molar-refractivity contribution is 5.79. The van der Waals surface area contributed by atoms with Crippen molar-refractivity contribution in [3.63, 3.8) is 0 Å². The lowest BCUT2D eigenvalue weighted by Crippen LogP contribution is -2.40. The predicted molar refractivity (Wildman–Crippen MR) is 63.5 cm³/mol. The highest BCUT2D eigenvalue weighted by Crippen LogP contribution is 2.28. The molecule has 0 bridgehead atoms. The molecule has 1 aromatic rings. The van der Waals surface area contributed by atoms with E-state index in [1.54, 1.807) is 6.21 Å². The number of halogens is 3. The molecule has 0 unspecified atom stereocenters. The minimum absolute atomic E-state index is 0.637. The van der Waals surface area contributed by atoms with Gasteiger partial charge < -0.3 is 5.32 Å². The van der Waals surface area contributed by atoms with E-state index in [0.29, 0.717) is 5.56 Å². The molecular weight excluding hydrogens is 243 g/mol. The number of hydrazone groups is 1. The molecule has 1 saturated heterocycles. The molecule has 1 aliphatic heterocycles. The zero-order valence-electron chi connectivity index (χ0n) is 9.74. The Morgan fingerprint density at radius 1 is 1.11 bits per heavy atom. The molecule has 18 heavy (non-hydrogen) atoms. The number of rotatable bonds is 2. The van der Waals surface area contributed by atoms with Gasteiger partial charge in [-0.3, -0.25) is 5.01 Å². The molecule has 3 nitrogen and oxygen atoms in total.